The minimum atomic E-state index is -0.561. The number of nitrogens with two attached hydrogens (primary N) is 1. The third-order valence-corrected chi connectivity index (χ3v) is 5.51. The van der Waals surface area contributed by atoms with E-state index in [0.717, 1.165) is 11.0 Å². The quantitative estimate of drug-likeness (QED) is 0.335. The predicted octanol–water partition coefficient (Wildman–Crippen LogP) is 5.46. The molecule has 5 rings (SSSR count). The minimum Gasteiger partial charge on any atom is -0.399 e. The Kier molecular flexibility index (Phi) is 4.14. The number of fused-ring (bicyclic) bond motifs is 1. The highest BCUT2D eigenvalue weighted by Crippen LogP contribution is 2.42. The van der Waals surface area contributed by atoms with Gasteiger partial charge in [0.05, 0.1) is 17.4 Å². The zero-order chi connectivity index (χ0) is 19.7. The van der Waals surface area contributed by atoms with Crippen LogP contribution in [0.1, 0.15) is 16.7 Å². The number of aromatic nitrogens is 2. The second kappa shape index (κ2) is 6.95. The third kappa shape index (κ3) is 2.71. The summed E-state index contributed by atoms with van der Waals surface area (Å²) in [6.07, 6.45) is 1.93. The van der Waals surface area contributed by atoms with Gasteiger partial charge in [0.2, 0.25) is 0 Å². The molecule has 3 nitrogen and oxygen atoms in total. The van der Waals surface area contributed by atoms with E-state index in [-0.39, 0.29) is 0 Å². The fraction of sp³-hybridized carbons (Fsp3) is 0.0385. The highest BCUT2D eigenvalue weighted by atomic mass is 15.1. The molecule has 1 heterocycles. The molecule has 0 saturated carbocycles. The van der Waals surface area contributed by atoms with Gasteiger partial charge in [0.15, 0.2) is 0 Å². The zero-order valence-corrected chi connectivity index (χ0v) is 15.9. The van der Waals surface area contributed by atoms with Gasteiger partial charge >= 0.3 is 0 Å². The van der Waals surface area contributed by atoms with Crippen LogP contribution in [0, 0.1) is 0 Å². The summed E-state index contributed by atoms with van der Waals surface area (Å²) in [7, 11) is 0. The SMILES string of the molecule is Nc1ccc2c(c1)ncn2C(c1ccccc1)(c1ccccc1)c1ccccc1. The van der Waals surface area contributed by atoms with E-state index in [1.54, 1.807) is 0 Å². The van der Waals surface area contributed by atoms with Crippen LogP contribution in [0.25, 0.3) is 11.0 Å². The molecule has 0 bridgehead atoms. The van der Waals surface area contributed by atoms with E-state index in [4.69, 9.17) is 10.7 Å². The summed E-state index contributed by atoms with van der Waals surface area (Å²) in [5, 5.41) is 0. The number of nitrogens with zero attached hydrogens (tertiary/aromatic N) is 2. The lowest BCUT2D eigenvalue weighted by atomic mass is 9.76. The first-order valence-corrected chi connectivity index (χ1v) is 9.70. The van der Waals surface area contributed by atoms with Gasteiger partial charge in [-0.1, -0.05) is 91.0 Å². The molecule has 3 heteroatoms. The molecular weight excluding hydrogens is 354 g/mol. The molecular formula is C26H21N3. The highest BCUT2D eigenvalue weighted by molar-refractivity contribution is 5.80. The van der Waals surface area contributed by atoms with Crippen LogP contribution in [-0.4, -0.2) is 9.55 Å². The van der Waals surface area contributed by atoms with Gasteiger partial charge in [0.25, 0.3) is 0 Å². The van der Waals surface area contributed by atoms with E-state index in [1.165, 1.54) is 16.7 Å². The molecule has 0 amide bonds. The number of hydrogen-bond donors (Lipinski definition) is 1. The molecule has 0 aliphatic heterocycles. The van der Waals surface area contributed by atoms with Gasteiger partial charge < -0.3 is 10.3 Å². The molecule has 0 atom stereocenters. The second-order valence-electron chi connectivity index (χ2n) is 7.17. The van der Waals surface area contributed by atoms with E-state index in [0.29, 0.717) is 5.69 Å². The summed E-state index contributed by atoms with van der Waals surface area (Å²) in [4.78, 5) is 4.70. The van der Waals surface area contributed by atoms with Gasteiger partial charge in [-0.3, -0.25) is 0 Å². The molecule has 0 unspecified atom stereocenters. The first-order chi connectivity index (χ1) is 14.3. The average Bonchev–Trinajstić information content (AvgIpc) is 3.20. The summed E-state index contributed by atoms with van der Waals surface area (Å²) in [5.41, 5.74) is 11.6. The molecule has 0 aliphatic carbocycles. The minimum absolute atomic E-state index is 0.561. The lowest BCUT2D eigenvalue weighted by Gasteiger charge is -2.38. The van der Waals surface area contributed by atoms with E-state index in [9.17, 15) is 0 Å². The number of imidazole rings is 1. The van der Waals surface area contributed by atoms with Crippen molar-refractivity contribution in [2.45, 2.75) is 5.54 Å². The molecule has 0 saturated heterocycles. The Morgan fingerprint density at radius 2 is 1.10 bits per heavy atom. The Bertz CT molecular complexity index is 1150. The second-order valence-corrected chi connectivity index (χ2v) is 7.17. The largest absolute Gasteiger partial charge is 0.399 e. The molecule has 2 N–H and O–H groups in total. The molecule has 4 aromatic carbocycles. The van der Waals surface area contributed by atoms with Crippen LogP contribution in [0.2, 0.25) is 0 Å². The van der Waals surface area contributed by atoms with Gasteiger partial charge in [0, 0.05) is 5.69 Å². The van der Waals surface area contributed by atoms with Crippen molar-refractivity contribution >= 4 is 16.7 Å². The van der Waals surface area contributed by atoms with Crippen molar-refractivity contribution in [3.8, 4) is 0 Å². The van der Waals surface area contributed by atoms with Crippen LogP contribution in [0.5, 0.6) is 0 Å². The number of hydrogen-bond acceptors (Lipinski definition) is 2. The smallest absolute Gasteiger partial charge is 0.122 e. The molecule has 0 radical (unpaired) electrons. The molecule has 0 spiro atoms. The maximum absolute atomic E-state index is 6.03. The fourth-order valence-electron chi connectivity index (χ4n) is 4.25. The van der Waals surface area contributed by atoms with Crippen molar-refractivity contribution in [1.82, 2.24) is 9.55 Å². The number of benzene rings is 4. The van der Waals surface area contributed by atoms with Crippen molar-refractivity contribution < 1.29 is 0 Å². The maximum atomic E-state index is 6.03. The van der Waals surface area contributed by atoms with Crippen molar-refractivity contribution in [1.29, 1.82) is 0 Å². The van der Waals surface area contributed by atoms with Crippen LogP contribution in [0.15, 0.2) is 116 Å². The Hall–Kier alpha value is -3.85. The summed E-state index contributed by atoms with van der Waals surface area (Å²) in [6.45, 7) is 0. The standard InChI is InChI=1S/C26H21N3/c27-23-16-17-25-24(18-23)28-19-29(25)26(20-10-4-1-5-11-20,21-12-6-2-7-13-21)22-14-8-3-9-15-22/h1-19H,27H2. The molecule has 5 aromatic rings. The molecule has 0 aliphatic rings. The van der Waals surface area contributed by atoms with E-state index >= 15 is 0 Å². The maximum Gasteiger partial charge on any atom is 0.122 e. The number of anilines is 1. The topological polar surface area (TPSA) is 43.8 Å². The molecule has 140 valence electrons. The van der Waals surface area contributed by atoms with Gasteiger partial charge in [-0.05, 0) is 34.9 Å². The number of nitrogen functional groups attached to an aromatic ring is 1. The molecule has 1 aromatic heterocycles. The Morgan fingerprint density at radius 1 is 0.621 bits per heavy atom. The van der Waals surface area contributed by atoms with Crippen LogP contribution >= 0.6 is 0 Å². The summed E-state index contributed by atoms with van der Waals surface area (Å²) in [6, 6.07) is 37.7. The van der Waals surface area contributed by atoms with E-state index in [1.807, 2.05) is 18.5 Å². The molecule has 29 heavy (non-hydrogen) atoms. The van der Waals surface area contributed by atoms with Crippen LogP contribution in [0.3, 0.4) is 0 Å². The van der Waals surface area contributed by atoms with Gasteiger partial charge in [0.1, 0.15) is 5.54 Å². The fourth-order valence-corrected chi connectivity index (χ4v) is 4.25. The van der Waals surface area contributed by atoms with Gasteiger partial charge in [-0.25, -0.2) is 4.98 Å². The van der Waals surface area contributed by atoms with Crippen LogP contribution < -0.4 is 5.73 Å². The van der Waals surface area contributed by atoms with Gasteiger partial charge in [-0.2, -0.15) is 0 Å². The Labute approximate surface area is 170 Å². The van der Waals surface area contributed by atoms with Gasteiger partial charge in [-0.15, -0.1) is 0 Å². The summed E-state index contributed by atoms with van der Waals surface area (Å²) < 4.78 is 2.27. The summed E-state index contributed by atoms with van der Waals surface area (Å²) in [5.74, 6) is 0. The first kappa shape index (κ1) is 17.3. The van der Waals surface area contributed by atoms with Crippen molar-refractivity contribution in [3.05, 3.63) is 132 Å². The van der Waals surface area contributed by atoms with Crippen molar-refractivity contribution in [2.24, 2.45) is 0 Å². The summed E-state index contributed by atoms with van der Waals surface area (Å²) >= 11 is 0. The van der Waals surface area contributed by atoms with Crippen molar-refractivity contribution in [2.75, 3.05) is 5.73 Å². The van der Waals surface area contributed by atoms with E-state index < -0.39 is 5.54 Å². The zero-order valence-electron chi connectivity index (χ0n) is 15.9. The normalized spacial score (nSPS) is 11.6. The lowest BCUT2D eigenvalue weighted by Crippen LogP contribution is -2.37. The van der Waals surface area contributed by atoms with E-state index in [2.05, 4.69) is 102 Å². The monoisotopic (exact) mass is 375 g/mol. The number of rotatable bonds is 4. The average molecular weight is 375 g/mol. The third-order valence-electron chi connectivity index (χ3n) is 5.51. The lowest BCUT2D eigenvalue weighted by molar-refractivity contribution is 0.529. The van der Waals surface area contributed by atoms with Crippen LogP contribution in [-0.2, 0) is 5.54 Å². The molecule has 0 fully saturated rings. The van der Waals surface area contributed by atoms with Crippen molar-refractivity contribution in [3.63, 3.8) is 0 Å². The first-order valence-electron chi connectivity index (χ1n) is 9.70. The predicted molar refractivity (Wildman–Crippen MR) is 119 cm³/mol. The highest BCUT2D eigenvalue weighted by Gasteiger charge is 2.39. The Morgan fingerprint density at radius 3 is 1.59 bits per heavy atom. The van der Waals surface area contributed by atoms with Crippen LogP contribution in [0.4, 0.5) is 5.69 Å². The Balaban J connectivity index is 1.95.